The van der Waals surface area contributed by atoms with Crippen LogP contribution in [0, 0.1) is 25.2 Å². The molecule has 1 amide bonds. The van der Waals surface area contributed by atoms with Gasteiger partial charge in [0.05, 0.1) is 24.5 Å². The number of aryl methyl sites for hydroxylation is 1. The highest BCUT2D eigenvalue weighted by atomic mass is 16.5. The van der Waals surface area contributed by atoms with Gasteiger partial charge in [-0.2, -0.15) is 0 Å². The molecule has 0 fully saturated rings. The van der Waals surface area contributed by atoms with Gasteiger partial charge in [-0.3, -0.25) is 4.79 Å². The fraction of sp³-hybridized carbons (Fsp3) is 0.485. The predicted octanol–water partition coefficient (Wildman–Crippen LogP) is 6.06. The minimum absolute atomic E-state index is 0.0120. The highest BCUT2D eigenvalue weighted by Crippen LogP contribution is 2.54. The number of carbonyl (C=O) groups excluding carboxylic acids is 1. The van der Waals surface area contributed by atoms with Crippen LogP contribution in [0.4, 0.5) is 0 Å². The highest BCUT2D eigenvalue weighted by Gasteiger charge is 2.46. The van der Waals surface area contributed by atoms with Gasteiger partial charge < -0.3 is 25.0 Å². The summed E-state index contributed by atoms with van der Waals surface area (Å²) >= 11 is 0. The lowest BCUT2D eigenvalue weighted by Crippen LogP contribution is -2.38. The number of carboxylic acid groups (broad SMARTS) is 1. The van der Waals surface area contributed by atoms with Gasteiger partial charge in [-0.25, -0.2) is 9.78 Å². The molecule has 0 bridgehead atoms. The quantitative estimate of drug-likeness (QED) is 0.358. The van der Waals surface area contributed by atoms with Crippen molar-refractivity contribution in [3.63, 3.8) is 0 Å². The summed E-state index contributed by atoms with van der Waals surface area (Å²) in [6.07, 6.45) is 1.82. The number of methoxy groups -OCH3 is 1. The molecule has 2 aliphatic rings. The number of aliphatic hydroxyl groups is 1. The molecule has 0 saturated carbocycles. The molecule has 2 heterocycles. The first-order valence-corrected chi connectivity index (χ1v) is 14.3. The van der Waals surface area contributed by atoms with E-state index in [1.807, 2.05) is 19.1 Å². The first-order chi connectivity index (χ1) is 19.3. The lowest BCUT2D eigenvalue weighted by Gasteiger charge is -2.43. The van der Waals surface area contributed by atoms with E-state index < -0.39 is 18.0 Å². The van der Waals surface area contributed by atoms with Crippen molar-refractivity contribution < 1.29 is 29.3 Å². The van der Waals surface area contributed by atoms with E-state index >= 15 is 0 Å². The fourth-order valence-electron chi connectivity index (χ4n) is 6.11. The van der Waals surface area contributed by atoms with Gasteiger partial charge in [0.15, 0.2) is 5.69 Å². The Hall–Kier alpha value is -3.65. The van der Waals surface area contributed by atoms with Gasteiger partial charge in [0, 0.05) is 42.5 Å². The number of nitrogens with one attached hydrogen (secondary N) is 1. The average Bonchev–Trinajstić information content (AvgIpc) is 2.91. The molecule has 0 saturated heterocycles. The number of allylic oxidation sites excluding steroid dienone is 2. The smallest absolute Gasteiger partial charge is 0.354 e. The summed E-state index contributed by atoms with van der Waals surface area (Å²) in [5, 5.41) is 24.1. The summed E-state index contributed by atoms with van der Waals surface area (Å²) in [7, 11) is 3.19. The topological polar surface area (TPSA) is 118 Å². The molecule has 1 aromatic carbocycles. The molecule has 2 aromatic rings. The van der Waals surface area contributed by atoms with Crippen molar-refractivity contribution >= 4 is 11.9 Å². The standard InChI is InChI=1S/C33H42N2O6/c1-9-17(2)14-24-28(31(37)34-7)29(27-22(36)15-33(5,6)16-25(27)41-24)26-19(4)20(11-13-23(26)40-8)21-12-10-18(3)30(35-21)32(38)39/h10-13,17,22,29,36H,9,14-16H2,1-8H3,(H,34,37)(H,38,39)/t17-,22?,29+/m1/s1. The molecule has 3 N–H and O–H groups in total. The van der Waals surface area contributed by atoms with Crippen LogP contribution in [0.15, 0.2) is 46.9 Å². The van der Waals surface area contributed by atoms with Crippen molar-refractivity contribution in [3.8, 4) is 17.0 Å². The number of aromatic carboxylic acids is 1. The van der Waals surface area contributed by atoms with Gasteiger partial charge in [-0.05, 0) is 60.9 Å². The highest BCUT2D eigenvalue weighted by molar-refractivity contribution is 5.97. The molecule has 41 heavy (non-hydrogen) atoms. The van der Waals surface area contributed by atoms with Crippen LogP contribution < -0.4 is 10.1 Å². The maximum Gasteiger partial charge on any atom is 0.354 e. The summed E-state index contributed by atoms with van der Waals surface area (Å²) in [6, 6.07) is 7.23. The van der Waals surface area contributed by atoms with Crippen molar-refractivity contribution in [3.05, 3.63) is 69.3 Å². The third-order valence-corrected chi connectivity index (χ3v) is 8.47. The lowest BCUT2D eigenvalue weighted by molar-refractivity contribution is -0.117. The maximum atomic E-state index is 13.7. The zero-order valence-electron chi connectivity index (χ0n) is 25.3. The molecule has 8 nitrogen and oxygen atoms in total. The Kier molecular flexibility index (Phi) is 8.64. The molecule has 3 atom stereocenters. The Morgan fingerprint density at radius 3 is 2.54 bits per heavy atom. The third kappa shape index (κ3) is 5.75. The summed E-state index contributed by atoms with van der Waals surface area (Å²) in [4.78, 5) is 30.0. The molecule has 220 valence electrons. The summed E-state index contributed by atoms with van der Waals surface area (Å²) in [5.74, 6) is 0.168. The number of rotatable bonds is 8. The SMILES string of the molecule is CC[C@@H](C)CC1=C(C(=O)NC)[C@@H](c2c(OC)ccc(-c3ccc(C)c(C(=O)O)n3)c2C)C2=C(CC(C)(C)CC2O)O1. The van der Waals surface area contributed by atoms with Crippen LogP contribution in [-0.4, -0.2) is 47.3 Å². The number of pyridine rings is 1. The van der Waals surface area contributed by atoms with Crippen molar-refractivity contribution in [2.24, 2.45) is 11.3 Å². The van der Waals surface area contributed by atoms with Gasteiger partial charge in [0.25, 0.3) is 5.91 Å². The van der Waals surface area contributed by atoms with Crippen molar-refractivity contribution in [1.82, 2.24) is 10.3 Å². The van der Waals surface area contributed by atoms with Crippen LogP contribution >= 0.6 is 0 Å². The Morgan fingerprint density at radius 1 is 1.22 bits per heavy atom. The van der Waals surface area contributed by atoms with E-state index in [1.165, 1.54) is 0 Å². The van der Waals surface area contributed by atoms with Crippen LogP contribution in [0.3, 0.4) is 0 Å². The predicted molar refractivity (Wildman–Crippen MR) is 158 cm³/mol. The molecule has 8 heteroatoms. The van der Waals surface area contributed by atoms with Gasteiger partial charge in [0.1, 0.15) is 17.3 Å². The van der Waals surface area contributed by atoms with E-state index in [1.54, 1.807) is 33.2 Å². The summed E-state index contributed by atoms with van der Waals surface area (Å²) < 4.78 is 12.5. The number of aromatic nitrogens is 1. The molecule has 0 spiro atoms. The summed E-state index contributed by atoms with van der Waals surface area (Å²) in [6.45, 7) is 12.1. The van der Waals surface area contributed by atoms with Gasteiger partial charge in [0.2, 0.25) is 0 Å². The maximum absolute atomic E-state index is 13.7. The first kappa shape index (κ1) is 30.3. The van der Waals surface area contributed by atoms with Gasteiger partial charge in [-0.15, -0.1) is 0 Å². The minimum atomic E-state index is -1.09. The first-order valence-electron chi connectivity index (χ1n) is 14.3. The number of carboxylic acids is 1. The average molecular weight is 563 g/mol. The van der Waals surface area contributed by atoms with E-state index in [4.69, 9.17) is 9.47 Å². The van der Waals surface area contributed by atoms with Gasteiger partial charge >= 0.3 is 5.97 Å². The van der Waals surface area contributed by atoms with Crippen LogP contribution in [0.1, 0.15) is 86.5 Å². The van der Waals surface area contributed by atoms with Crippen molar-refractivity contribution in [2.45, 2.75) is 79.2 Å². The second kappa shape index (κ2) is 11.7. The number of nitrogens with zero attached hydrogens (tertiary/aromatic N) is 1. The monoisotopic (exact) mass is 562 g/mol. The molecule has 1 aliphatic carbocycles. The molecule has 1 aliphatic heterocycles. The zero-order chi connectivity index (χ0) is 30.2. The number of hydrogen-bond acceptors (Lipinski definition) is 6. The number of aliphatic hydroxyl groups excluding tert-OH is 1. The van der Waals surface area contributed by atoms with E-state index in [2.05, 4.69) is 38.0 Å². The largest absolute Gasteiger partial charge is 0.496 e. The third-order valence-electron chi connectivity index (χ3n) is 8.47. The fourth-order valence-corrected chi connectivity index (χ4v) is 6.11. The summed E-state index contributed by atoms with van der Waals surface area (Å²) in [5.41, 5.74) is 4.27. The number of likely N-dealkylation sites (N-methyl/N-ethyl adjacent to an activating group) is 1. The number of carbonyl (C=O) groups is 2. The molecule has 1 unspecified atom stereocenters. The van der Waals surface area contributed by atoms with Crippen molar-refractivity contribution in [1.29, 1.82) is 0 Å². The van der Waals surface area contributed by atoms with E-state index in [0.717, 1.165) is 23.1 Å². The Morgan fingerprint density at radius 2 is 1.93 bits per heavy atom. The zero-order valence-corrected chi connectivity index (χ0v) is 25.3. The second-order valence-corrected chi connectivity index (χ2v) is 12.1. The molecular weight excluding hydrogens is 520 g/mol. The van der Waals surface area contributed by atoms with Crippen LogP contribution in [-0.2, 0) is 9.53 Å². The molecule has 1 aromatic heterocycles. The van der Waals surface area contributed by atoms with Crippen LogP contribution in [0.25, 0.3) is 11.3 Å². The van der Waals surface area contributed by atoms with Crippen LogP contribution in [0.5, 0.6) is 5.75 Å². The van der Waals surface area contributed by atoms with E-state index in [9.17, 15) is 19.8 Å². The van der Waals surface area contributed by atoms with Crippen LogP contribution in [0.2, 0.25) is 0 Å². The number of benzene rings is 1. The van der Waals surface area contributed by atoms with Gasteiger partial charge in [-0.1, -0.05) is 40.2 Å². The minimum Gasteiger partial charge on any atom is -0.496 e. The molecule has 4 rings (SSSR count). The number of ether oxygens (including phenoxy) is 2. The Bertz CT molecular complexity index is 1440. The number of amides is 1. The lowest BCUT2D eigenvalue weighted by atomic mass is 9.67. The van der Waals surface area contributed by atoms with E-state index in [-0.39, 0.29) is 22.9 Å². The second-order valence-electron chi connectivity index (χ2n) is 12.1. The molecular formula is C33H42N2O6. The molecule has 0 radical (unpaired) electrons. The Labute approximate surface area is 242 Å². The van der Waals surface area contributed by atoms with Crippen molar-refractivity contribution in [2.75, 3.05) is 14.2 Å². The Balaban J connectivity index is 2.05. The van der Waals surface area contributed by atoms with E-state index in [0.29, 0.717) is 58.9 Å². The normalized spacial score (nSPS) is 20.7. The number of hydrogen-bond donors (Lipinski definition) is 3.